The molecule has 0 atom stereocenters. The second kappa shape index (κ2) is 4.68. The second-order valence-electron chi connectivity index (χ2n) is 4.48. The summed E-state index contributed by atoms with van der Waals surface area (Å²) in [6.45, 7) is 5.68. The molecule has 1 aromatic heterocycles. The highest BCUT2D eigenvalue weighted by molar-refractivity contribution is 5.84. The molecule has 0 aliphatic rings. The molecule has 2 rings (SSSR count). The molecular formula is C14H14N2O3. The fraction of sp³-hybridized carbons (Fsp3) is 0.214. The first-order chi connectivity index (χ1) is 8.90. The fourth-order valence-corrected chi connectivity index (χ4v) is 1.81. The van der Waals surface area contributed by atoms with E-state index in [1.54, 1.807) is 6.92 Å². The molecule has 0 amide bonds. The van der Waals surface area contributed by atoms with Crippen LogP contribution >= 0.6 is 0 Å². The van der Waals surface area contributed by atoms with Crippen LogP contribution in [0.15, 0.2) is 29.1 Å². The van der Waals surface area contributed by atoms with Gasteiger partial charge >= 0.3 is 5.97 Å². The van der Waals surface area contributed by atoms with Crippen molar-refractivity contribution < 1.29 is 9.90 Å². The average molecular weight is 258 g/mol. The summed E-state index contributed by atoms with van der Waals surface area (Å²) in [5.41, 5.74) is 2.51. The smallest absolute Gasteiger partial charge is 0.360 e. The van der Waals surface area contributed by atoms with Gasteiger partial charge in [0.15, 0.2) is 0 Å². The van der Waals surface area contributed by atoms with Crippen molar-refractivity contribution in [3.63, 3.8) is 0 Å². The van der Waals surface area contributed by atoms with Crippen LogP contribution in [0.3, 0.4) is 0 Å². The molecule has 0 radical (unpaired) electrons. The van der Waals surface area contributed by atoms with E-state index in [9.17, 15) is 9.59 Å². The van der Waals surface area contributed by atoms with E-state index in [4.69, 9.17) is 5.11 Å². The summed E-state index contributed by atoms with van der Waals surface area (Å²) in [5.74, 6) is -1.32. The van der Waals surface area contributed by atoms with Crippen molar-refractivity contribution in [2.45, 2.75) is 20.8 Å². The summed E-state index contributed by atoms with van der Waals surface area (Å²) in [6, 6.07) is 6.97. The number of hydrogen-bond acceptors (Lipinski definition) is 3. The molecule has 1 heterocycles. The summed E-state index contributed by atoms with van der Waals surface area (Å²) in [4.78, 5) is 22.5. The molecule has 0 saturated carbocycles. The monoisotopic (exact) mass is 258 g/mol. The molecule has 0 aliphatic carbocycles. The highest BCUT2D eigenvalue weighted by atomic mass is 16.4. The lowest BCUT2D eigenvalue weighted by Crippen LogP contribution is -2.22. The van der Waals surface area contributed by atoms with Gasteiger partial charge in [0.05, 0.1) is 5.69 Å². The van der Waals surface area contributed by atoms with Gasteiger partial charge in [-0.25, -0.2) is 9.48 Å². The van der Waals surface area contributed by atoms with E-state index in [-0.39, 0.29) is 0 Å². The Hall–Kier alpha value is -2.43. The maximum atomic E-state index is 11.5. The zero-order chi connectivity index (χ0) is 14.2. The SMILES string of the molecule is Cc1ccc(-n2nc(C(=O)O)c(=O)cc2C)cc1C. The summed E-state index contributed by atoms with van der Waals surface area (Å²) < 4.78 is 1.47. The van der Waals surface area contributed by atoms with E-state index < -0.39 is 17.1 Å². The quantitative estimate of drug-likeness (QED) is 0.892. The molecule has 0 aliphatic heterocycles. The molecule has 0 unspecified atom stereocenters. The van der Waals surface area contributed by atoms with Gasteiger partial charge in [-0.2, -0.15) is 5.10 Å². The van der Waals surface area contributed by atoms with Crippen LogP contribution in [-0.2, 0) is 0 Å². The zero-order valence-electron chi connectivity index (χ0n) is 11.0. The molecule has 0 spiro atoms. The van der Waals surface area contributed by atoms with Gasteiger partial charge in [-0.1, -0.05) is 6.07 Å². The molecular weight excluding hydrogens is 244 g/mol. The third kappa shape index (κ3) is 2.40. The Balaban J connectivity index is 2.68. The number of rotatable bonds is 2. The van der Waals surface area contributed by atoms with Crippen molar-refractivity contribution in [1.82, 2.24) is 9.78 Å². The Morgan fingerprint density at radius 1 is 1.16 bits per heavy atom. The Labute approximate surface area is 110 Å². The van der Waals surface area contributed by atoms with Gasteiger partial charge in [-0.3, -0.25) is 4.79 Å². The molecule has 19 heavy (non-hydrogen) atoms. The predicted molar refractivity (Wildman–Crippen MR) is 71.0 cm³/mol. The van der Waals surface area contributed by atoms with Gasteiger partial charge in [0.25, 0.3) is 0 Å². The summed E-state index contributed by atoms with van der Waals surface area (Å²) in [6.07, 6.45) is 0. The van der Waals surface area contributed by atoms with Crippen LogP contribution < -0.4 is 5.43 Å². The Morgan fingerprint density at radius 3 is 2.42 bits per heavy atom. The Morgan fingerprint density at radius 2 is 1.84 bits per heavy atom. The molecule has 1 N–H and O–H groups in total. The lowest BCUT2D eigenvalue weighted by atomic mass is 10.1. The van der Waals surface area contributed by atoms with Crippen molar-refractivity contribution in [1.29, 1.82) is 0 Å². The highest BCUT2D eigenvalue weighted by Crippen LogP contribution is 2.14. The van der Waals surface area contributed by atoms with Crippen molar-refractivity contribution >= 4 is 5.97 Å². The van der Waals surface area contributed by atoms with Crippen LogP contribution in [0.4, 0.5) is 0 Å². The van der Waals surface area contributed by atoms with E-state index in [1.807, 2.05) is 32.0 Å². The number of carboxylic acid groups (broad SMARTS) is 1. The number of aromatic nitrogens is 2. The van der Waals surface area contributed by atoms with Crippen LogP contribution in [0.2, 0.25) is 0 Å². The third-order valence-corrected chi connectivity index (χ3v) is 3.05. The highest BCUT2D eigenvalue weighted by Gasteiger charge is 2.13. The number of hydrogen-bond donors (Lipinski definition) is 1. The van der Waals surface area contributed by atoms with Crippen LogP contribution in [0.5, 0.6) is 0 Å². The second-order valence-corrected chi connectivity index (χ2v) is 4.48. The standard InChI is InChI=1S/C14H14N2O3/c1-8-4-5-11(6-9(8)2)16-10(3)7-12(17)13(15-16)14(18)19/h4-7H,1-3H3,(H,18,19). The fourth-order valence-electron chi connectivity index (χ4n) is 1.81. The molecule has 5 heteroatoms. The van der Waals surface area contributed by atoms with Crippen LogP contribution in [-0.4, -0.2) is 20.9 Å². The molecule has 0 saturated heterocycles. The van der Waals surface area contributed by atoms with Crippen molar-refractivity contribution in [2.75, 3.05) is 0 Å². The number of carboxylic acids is 1. The maximum absolute atomic E-state index is 11.5. The van der Waals surface area contributed by atoms with E-state index >= 15 is 0 Å². The van der Waals surface area contributed by atoms with Crippen LogP contribution in [0, 0.1) is 20.8 Å². The molecule has 5 nitrogen and oxygen atoms in total. The normalized spacial score (nSPS) is 10.5. The topological polar surface area (TPSA) is 72.2 Å². The van der Waals surface area contributed by atoms with Gasteiger partial charge in [0, 0.05) is 11.8 Å². The van der Waals surface area contributed by atoms with E-state index in [0.717, 1.165) is 16.8 Å². The van der Waals surface area contributed by atoms with Crippen LogP contribution in [0.1, 0.15) is 27.3 Å². The van der Waals surface area contributed by atoms with Crippen LogP contribution in [0.25, 0.3) is 5.69 Å². The number of benzene rings is 1. The van der Waals surface area contributed by atoms with Crippen molar-refractivity contribution in [3.05, 3.63) is 57.0 Å². The summed E-state index contributed by atoms with van der Waals surface area (Å²) >= 11 is 0. The lowest BCUT2D eigenvalue weighted by molar-refractivity contribution is 0.0686. The van der Waals surface area contributed by atoms with Gasteiger partial charge in [-0.15, -0.1) is 0 Å². The predicted octanol–water partition coefficient (Wildman–Crippen LogP) is 1.86. The Kier molecular flexibility index (Phi) is 3.21. The molecule has 0 bridgehead atoms. The molecule has 1 aromatic carbocycles. The number of nitrogens with zero attached hydrogens (tertiary/aromatic N) is 2. The van der Waals surface area contributed by atoms with E-state index in [1.165, 1.54) is 10.7 Å². The number of aryl methyl sites for hydroxylation is 3. The van der Waals surface area contributed by atoms with Crippen molar-refractivity contribution in [3.8, 4) is 5.69 Å². The molecule has 0 fully saturated rings. The van der Waals surface area contributed by atoms with Crippen molar-refractivity contribution in [2.24, 2.45) is 0 Å². The Bertz CT molecular complexity index is 717. The average Bonchev–Trinajstić information content (AvgIpc) is 2.32. The largest absolute Gasteiger partial charge is 0.476 e. The summed E-state index contributed by atoms with van der Waals surface area (Å²) in [7, 11) is 0. The van der Waals surface area contributed by atoms with Gasteiger partial charge < -0.3 is 5.11 Å². The molecule has 2 aromatic rings. The van der Waals surface area contributed by atoms with E-state index in [0.29, 0.717) is 5.69 Å². The minimum Gasteiger partial charge on any atom is -0.476 e. The van der Waals surface area contributed by atoms with Gasteiger partial charge in [0.1, 0.15) is 0 Å². The third-order valence-electron chi connectivity index (χ3n) is 3.05. The van der Waals surface area contributed by atoms with Gasteiger partial charge in [-0.05, 0) is 44.0 Å². The number of aromatic carboxylic acids is 1. The minimum atomic E-state index is -1.32. The minimum absolute atomic E-state index is 0.469. The number of carbonyl (C=O) groups is 1. The molecule has 98 valence electrons. The zero-order valence-corrected chi connectivity index (χ0v) is 11.0. The maximum Gasteiger partial charge on any atom is 0.360 e. The summed E-state index contributed by atoms with van der Waals surface area (Å²) in [5, 5.41) is 12.9. The first-order valence-corrected chi connectivity index (χ1v) is 5.82. The first-order valence-electron chi connectivity index (χ1n) is 5.82. The van der Waals surface area contributed by atoms with Gasteiger partial charge in [0.2, 0.25) is 11.1 Å². The lowest BCUT2D eigenvalue weighted by Gasteiger charge is -2.11. The van der Waals surface area contributed by atoms with E-state index in [2.05, 4.69) is 5.10 Å². The first kappa shape index (κ1) is 13.0.